The van der Waals surface area contributed by atoms with Crippen LogP contribution in [0.5, 0.6) is 11.5 Å². The summed E-state index contributed by atoms with van der Waals surface area (Å²) in [5.74, 6) is 0.873. The average Bonchev–Trinajstić information content (AvgIpc) is 3.18. The summed E-state index contributed by atoms with van der Waals surface area (Å²) in [5, 5.41) is 5.20. The molecule has 0 saturated heterocycles. The summed E-state index contributed by atoms with van der Waals surface area (Å²) < 4.78 is 14.5. The van der Waals surface area contributed by atoms with Crippen LogP contribution in [0.1, 0.15) is 10.5 Å². The van der Waals surface area contributed by atoms with Gasteiger partial charge in [-0.3, -0.25) is 9.48 Å². The summed E-state index contributed by atoms with van der Waals surface area (Å²) in [6.07, 6.45) is 3.75. The van der Waals surface area contributed by atoms with E-state index >= 15 is 0 Å². The van der Waals surface area contributed by atoms with Gasteiger partial charge in [-0.2, -0.15) is 5.10 Å². The fourth-order valence-electron chi connectivity index (χ4n) is 2.54. The van der Waals surface area contributed by atoms with E-state index in [0.717, 1.165) is 10.9 Å². The largest absolute Gasteiger partial charge is 0.493 e. The van der Waals surface area contributed by atoms with Crippen molar-refractivity contribution in [2.24, 2.45) is 5.73 Å². The highest BCUT2D eigenvalue weighted by Gasteiger charge is 2.10. The van der Waals surface area contributed by atoms with Gasteiger partial charge in [0.2, 0.25) is 0 Å². The van der Waals surface area contributed by atoms with Crippen LogP contribution in [-0.4, -0.2) is 34.5 Å². The molecule has 1 amide bonds. The Labute approximate surface area is 133 Å². The van der Waals surface area contributed by atoms with Crippen molar-refractivity contribution in [3.05, 3.63) is 42.4 Å². The standard InChI is InChI=1S/C16H18N4O3/c1-22-14-9-11-3-5-19(13(11)10-15(14)23-2)7-8-20-6-4-12(18-20)16(17)21/h3-6,9-10H,7-8H2,1-2H3,(H2,17,21). The van der Waals surface area contributed by atoms with Crippen molar-refractivity contribution in [2.75, 3.05) is 14.2 Å². The number of aryl methyl sites for hydroxylation is 2. The van der Waals surface area contributed by atoms with Crippen LogP contribution >= 0.6 is 0 Å². The Bertz CT molecular complexity index is 850. The molecular weight excluding hydrogens is 296 g/mol. The molecule has 2 N–H and O–H groups in total. The Kier molecular flexibility index (Phi) is 3.92. The summed E-state index contributed by atoms with van der Waals surface area (Å²) in [7, 11) is 3.24. The third kappa shape index (κ3) is 2.85. The molecule has 0 aliphatic carbocycles. The number of nitrogens with zero attached hydrogens (tertiary/aromatic N) is 3. The van der Waals surface area contributed by atoms with Crippen LogP contribution < -0.4 is 15.2 Å². The van der Waals surface area contributed by atoms with E-state index in [4.69, 9.17) is 15.2 Å². The highest BCUT2D eigenvalue weighted by molar-refractivity contribution is 5.90. The molecule has 2 aromatic heterocycles. The SMILES string of the molecule is COc1cc2ccn(CCn3ccc(C(N)=O)n3)c2cc1OC. The number of carbonyl (C=O) groups excluding carboxylic acids is 1. The van der Waals surface area contributed by atoms with Gasteiger partial charge in [0.15, 0.2) is 11.5 Å². The fourth-order valence-corrected chi connectivity index (χ4v) is 2.54. The number of primary amides is 1. The summed E-state index contributed by atoms with van der Waals surface area (Å²) in [6, 6.07) is 7.54. The van der Waals surface area contributed by atoms with Crippen LogP contribution in [-0.2, 0) is 13.1 Å². The lowest BCUT2D eigenvalue weighted by Crippen LogP contribution is -2.13. The number of nitrogens with two attached hydrogens (primary N) is 1. The number of amides is 1. The van der Waals surface area contributed by atoms with Crippen LogP contribution in [0.3, 0.4) is 0 Å². The predicted molar refractivity (Wildman–Crippen MR) is 85.8 cm³/mol. The second-order valence-corrected chi connectivity index (χ2v) is 5.10. The molecule has 0 fully saturated rings. The van der Waals surface area contributed by atoms with Crippen LogP contribution in [0.2, 0.25) is 0 Å². The molecule has 3 rings (SSSR count). The number of hydrogen-bond acceptors (Lipinski definition) is 4. The molecule has 120 valence electrons. The normalized spacial score (nSPS) is 10.9. The number of carbonyl (C=O) groups is 1. The molecule has 0 bridgehead atoms. The van der Waals surface area contributed by atoms with E-state index in [2.05, 4.69) is 9.67 Å². The maximum absolute atomic E-state index is 11.1. The maximum atomic E-state index is 11.1. The molecule has 0 radical (unpaired) electrons. The van der Waals surface area contributed by atoms with Crippen molar-refractivity contribution in [3.63, 3.8) is 0 Å². The Morgan fingerprint density at radius 1 is 1.13 bits per heavy atom. The number of hydrogen-bond donors (Lipinski definition) is 1. The van der Waals surface area contributed by atoms with Crippen molar-refractivity contribution in [1.82, 2.24) is 14.3 Å². The Morgan fingerprint density at radius 2 is 1.87 bits per heavy atom. The first-order valence-electron chi connectivity index (χ1n) is 7.16. The first-order chi connectivity index (χ1) is 11.1. The third-order valence-corrected chi connectivity index (χ3v) is 3.74. The molecule has 0 aliphatic rings. The minimum absolute atomic E-state index is 0.272. The smallest absolute Gasteiger partial charge is 0.269 e. The minimum Gasteiger partial charge on any atom is -0.493 e. The van der Waals surface area contributed by atoms with Crippen LogP contribution in [0.4, 0.5) is 0 Å². The quantitative estimate of drug-likeness (QED) is 0.750. The Morgan fingerprint density at radius 3 is 2.52 bits per heavy atom. The van der Waals surface area contributed by atoms with Gasteiger partial charge in [-0.25, -0.2) is 0 Å². The van der Waals surface area contributed by atoms with Crippen molar-refractivity contribution in [1.29, 1.82) is 0 Å². The van der Waals surface area contributed by atoms with Gasteiger partial charge < -0.3 is 19.8 Å². The monoisotopic (exact) mass is 314 g/mol. The highest BCUT2D eigenvalue weighted by Crippen LogP contribution is 2.32. The topological polar surface area (TPSA) is 84.3 Å². The molecule has 7 heteroatoms. The zero-order valence-electron chi connectivity index (χ0n) is 13.0. The highest BCUT2D eigenvalue weighted by atomic mass is 16.5. The lowest BCUT2D eigenvalue weighted by molar-refractivity contribution is 0.0994. The van der Waals surface area contributed by atoms with Crippen molar-refractivity contribution >= 4 is 16.8 Å². The van der Waals surface area contributed by atoms with E-state index in [-0.39, 0.29) is 5.69 Å². The summed E-state index contributed by atoms with van der Waals surface area (Å²) in [5.41, 5.74) is 6.52. The summed E-state index contributed by atoms with van der Waals surface area (Å²) in [4.78, 5) is 11.1. The van der Waals surface area contributed by atoms with Crippen molar-refractivity contribution in [2.45, 2.75) is 13.1 Å². The maximum Gasteiger partial charge on any atom is 0.269 e. The van der Waals surface area contributed by atoms with Gasteiger partial charge in [0.05, 0.1) is 26.3 Å². The Balaban J connectivity index is 1.83. The molecule has 0 saturated carbocycles. The molecule has 0 aliphatic heterocycles. The molecule has 3 aromatic rings. The molecule has 7 nitrogen and oxygen atoms in total. The van der Waals surface area contributed by atoms with Crippen LogP contribution in [0.15, 0.2) is 36.7 Å². The molecular formula is C16H18N4O3. The first-order valence-corrected chi connectivity index (χ1v) is 7.16. The van der Waals surface area contributed by atoms with E-state index in [1.54, 1.807) is 31.2 Å². The van der Waals surface area contributed by atoms with Gasteiger partial charge in [-0.1, -0.05) is 0 Å². The minimum atomic E-state index is -0.521. The van der Waals surface area contributed by atoms with E-state index in [1.165, 1.54) is 0 Å². The molecule has 0 unspecified atom stereocenters. The van der Waals surface area contributed by atoms with E-state index in [9.17, 15) is 4.79 Å². The zero-order valence-corrected chi connectivity index (χ0v) is 13.0. The number of aromatic nitrogens is 3. The lowest BCUT2D eigenvalue weighted by atomic mass is 10.2. The molecule has 2 heterocycles. The molecule has 0 spiro atoms. The second-order valence-electron chi connectivity index (χ2n) is 5.10. The number of benzene rings is 1. The molecule has 23 heavy (non-hydrogen) atoms. The van der Waals surface area contributed by atoms with Gasteiger partial charge in [-0.05, 0) is 18.2 Å². The van der Waals surface area contributed by atoms with Crippen LogP contribution in [0, 0.1) is 0 Å². The lowest BCUT2D eigenvalue weighted by Gasteiger charge is -2.10. The first kappa shape index (κ1) is 15.0. The Hall–Kier alpha value is -2.96. The number of methoxy groups -OCH3 is 2. The number of ether oxygens (including phenoxy) is 2. The van der Waals surface area contributed by atoms with Gasteiger partial charge in [0.1, 0.15) is 5.69 Å². The van der Waals surface area contributed by atoms with E-state index < -0.39 is 5.91 Å². The summed E-state index contributed by atoms with van der Waals surface area (Å²) in [6.45, 7) is 1.34. The van der Waals surface area contributed by atoms with Crippen LogP contribution in [0.25, 0.3) is 10.9 Å². The molecule has 1 aromatic carbocycles. The van der Waals surface area contributed by atoms with Gasteiger partial charge in [0.25, 0.3) is 5.91 Å². The van der Waals surface area contributed by atoms with Crippen molar-refractivity contribution in [3.8, 4) is 11.5 Å². The molecule has 0 atom stereocenters. The van der Waals surface area contributed by atoms with E-state index in [0.29, 0.717) is 24.6 Å². The van der Waals surface area contributed by atoms with Gasteiger partial charge in [0, 0.05) is 30.4 Å². The van der Waals surface area contributed by atoms with Crippen molar-refractivity contribution < 1.29 is 14.3 Å². The fraction of sp³-hybridized carbons (Fsp3) is 0.250. The number of rotatable bonds is 6. The average molecular weight is 314 g/mol. The summed E-state index contributed by atoms with van der Waals surface area (Å²) >= 11 is 0. The predicted octanol–water partition coefficient (Wildman–Crippen LogP) is 1.65. The van der Waals surface area contributed by atoms with E-state index in [1.807, 2.05) is 24.4 Å². The van der Waals surface area contributed by atoms with Gasteiger partial charge in [-0.15, -0.1) is 0 Å². The van der Waals surface area contributed by atoms with Gasteiger partial charge >= 0.3 is 0 Å². The number of fused-ring (bicyclic) bond motifs is 1. The zero-order chi connectivity index (χ0) is 16.4. The second kappa shape index (κ2) is 6.04. The third-order valence-electron chi connectivity index (χ3n) is 3.74.